The number of nitrogens with zero attached hydrogens (tertiary/aromatic N) is 1. The summed E-state index contributed by atoms with van der Waals surface area (Å²) in [5, 5.41) is 11.4. The predicted octanol–water partition coefficient (Wildman–Crippen LogP) is 2.89. The van der Waals surface area contributed by atoms with E-state index < -0.39 is 6.10 Å². The van der Waals surface area contributed by atoms with Crippen LogP contribution in [0.3, 0.4) is 0 Å². The number of aliphatic hydroxyl groups excluding tert-OH is 1. The molecule has 2 aliphatic rings. The zero-order chi connectivity index (χ0) is 13.4. The Labute approximate surface area is 123 Å². The summed E-state index contributed by atoms with van der Waals surface area (Å²) in [7, 11) is 0. The maximum absolute atomic E-state index is 10.5. The van der Waals surface area contributed by atoms with Crippen LogP contribution in [0, 0.1) is 0 Å². The first-order valence-corrected chi connectivity index (χ1v) is 7.40. The van der Waals surface area contributed by atoms with Crippen LogP contribution in [0.1, 0.15) is 24.5 Å². The largest absolute Gasteiger partial charge is 0.386 e. The Morgan fingerprint density at radius 1 is 1.37 bits per heavy atom. The van der Waals surface area contributed by atoms with Gasteiger partial charge in [-0.1, -0.05) is 35.3 Å². The molecule has 0 radical (unpaired) electrons. The van der Waals surface area contributed by atoms with Gasteiger partial charge >= 0.3 is 0 Å². The number of hydrogen-bond acceptors (Lipinski definition) is 3. The number of halogens is 2. The molecule has 0 aromatic heterocycles. The Morgan fingerprint density at radius 3 is 3.05 bits per heavy atom. The summed E-state index contributed by atoms with van der Waals surface area (Å²) in [6.07, 6.45) is 1.45. The van der Waals surface area contributed by atoms with E-state index in [1.807, 2.05) is 0 Å². The van der Waals surface area contributed by atoms with Crippen molar-refractivity contribution < 1.29 is 9.84 Å². The first-order chi connectivity index (χ1) is 9.16. The summed E-state index contributed by atoms with van der Waals surface area (Å²) in [6, 6.07) is 5.85. The molecule has 2 saturated heterocycles. The van der Waals surface area contributed by atoms with Crippen molar-refractivity contribution >= 4 is 23.2 Å². The highest BCUT2D eigenvalue weighted by molar-refractivity contribution is 6.42. The fourth-order valence-electron chi connectivity index (χ4n) is 2.98. The average molecular weight is 302 g/mol. The van der Waals surface area contributed by atoms with Crippen LogP contribution >= 0.6 is 23.2 Å². The maximum atomic E-state index is 10.5. The van der Waals surface area contributed by atoms with Crippen LogP contribution in [-0.2, 0) is 4.74 Å². The molecule has 19 heavy (non-hydrogen) atoms. The highest BCUT2D eigenvalue weighted by Gasteiger charge is 2.36. The molecule has 0 saturated carbocycles. The monoisotopic (exact) mass is 301 g/mol. The molecule has 104 valence electrons. The van der Waals surface area contributed by atoms with Gasteiger partial charge in [-0.2, -0.15) is 0 Å². The Balaban J connectivity index is 1.76. The summed E-state index contributed by atoms with van der Waals surface area (Å²) >= 11 is 12.1. The van der Waals surface area contributed by atoms with Gasteiger partial charge in [0.2, 0.25) is 0 Å². The molecular weight excluding hydrogens is 285 g/mol. The third kappa shape index (κ3) is 2.63. The van der Waals surface area contributed by atoms with E-state index in [-0.39, 0.29) is 6.10 Å². The van der Waals surface area contributed by atoms with Gasteiger partial charge in [0.25, 0.3) is 0 Å². The second-order valence-corrected chi connectivity index (χ2v) is 6.04. The first kappa shape index (κ1) is 13.7. The molecule has 0 spiro atoms. The van der Waals surface area contributed by atoms with Gasteiger partial charge in [0.15, 0.2) is 0 Å². The molecule has 1 aromatic rings. The lowest BCUT2D eigenvalue weighted by Crippen LogP contribution is -2.48. The Hall–Kier alpha value is -0.320. The molecule has 1 aromatic carbocycles. The van der Waals surface area contributed by atoms with Crippen molar-refractivity contribution in [1.82, 2.24) is 4.90 Å². The van der Waals surface area contributed by atoms with E-state index in [1.54, 1.807) is 18.2 Å². The van der Waals surface area contributed by atoms with E-state index in [4.69, 9.17) is 27.9 Å². The summed E-state index contributed by atoms with van der Waals surface area (Å²) in [5.41, 5.74) is 0.650. The van der Waals surface area contributed by atoms with Gasteiger partial charge < -0.3 is 9.84 Å². The Kier molecular flexibility index (Phi) is 4.01. The fraction of sp³-hybridized carbons (Fsp3) is 0.571. The zero-order valence-electron chi connectivity index (χ0n) is 10.6. The number of morpholine rings is 1. The minimum absolute atomic E-state index is 0.231. The van der Waals surface area contributed by atoms with Gasteiger partial charge in [-0.25, -0.2) is 0 Å². The van der Waals surface area contributed by atoms with Crippen LogP contribution in [0.15, 0.2) is 18.2 Å². The second-order valence-electron chi connectivity index (χ2n) is 5.25. The van der Waals surface area contributed by atoms with E-state index in [0.717, 1.165) is 13.1 Å². The SMILES string of the molecule is OC(c1cccc(Cl)c1Cl)C1CN2CCCC2CO1. The molecule has 0 aliphatic carbocycles. The molecule has 1 N–H and O–H groups in total. The van der Waals surface area contributed by atoms with Crippen molar-refractivity contribution in [2.45, 2.75) is 31.1 Å². The number of aliphatic hydroxyl groups is 1. The van der Waals surface area contributed by atoms with Crippen LogP contribution in [-0.4, -0.2) is 41.8 Å². The van der Waals surface area contributed by atoms with Crippen LogP contribution in [0.5, 0.6) is 0 Å². The standard InChI is InChI=1S/C14H17Cl2NO2/c15-11-5-1-4-10(13(11)16)14(18)12-7-17-6-2-3-9(17)8-19-12/h1,4-5,9,12,14,18H,2-3,6-8H2. The van der Waals surface area contributed by atoms with E-state index in [2.05, 4.69) is 4.90 Å². The third-order valence-electron chi connectivity index (χ3n) is 4.07. The Morgan fingerprint density at radius 2 is 2.21 bits per heavy atom. The number of benzene rings is 1. The summed E-state index contributed by atoms with van der Waals surface area (Å²) in [5.74, 6) is 0. The quantitative estimate of drug-likeness (QED) is 0.912. The number of fused-ring (bicyclic) bond motifs is 1. The highest BCUT2D eigenvalue weighted by Crippen LogP contribution is 2.34. The smallest absolute Gasteiger partial charge is 0.108 e. The molecule has 3 rings (SSSR count). The fourth-order valence-corrected chi connectivity index (χ4v) is 3.40. The average Bonchev–Trinajstić information content (AvgIpc) is 2.88. The molecule has 5 heteroatoms. The van der Waals surface area contributed by atoms with E-state index in [9.17, 15) is 5.11 Å². The van der Waals surface area contributed by atoms with Gasteiger partial charge in [0, 0.05) is 18.2 Å². The number of rotatable bonds is 2. The second kappa shape index (κ2) is 5.58. The lowest BCUT2D eigenvalue weighted by molar-refractivity contribution is -0.103. The van der Waals surface area contributed by atoms with Crippen LogP contribution in [0.25, 0.3) is 0 Å². The van der Waals surface area contributed by atoms with Crippen molar-refractivity contribution in [3.8, 4) is 0 Å². The van der Waals surface area contributed by atoms with Gasteiger partial charge in [-0.15, -0.1) is 0 Å². The minimum Gasteiger partial charge on any atom is -0.386 e. The van der Waals surface area contributed by atoms with Gasteiger partial charge in [0.05, 0.1) is 16.7 Å². The third-order valence-corrected chi connectivity index (χ3v) is 4.90. The lowest BCUT2D eigenvalue weighted by atomic mass is 10.0. The molecule has 3 nitrogen and oxygen atoms in total. The maximum Gasteiger partial charge on any atom is 0.108 e. The molecule has 3 unspecified atom stereocenters. The predicted molar refractivity (Wildman–Crippen MR) is 75.8 cm³/mol. The summed E-state index contributed by atoms with van der Waals surface area (Å²) in [4.78, 5) is 2.40. The van der Waals surface area contributed by atoms with Crippen molar-refractivity contribution in [3.63, 3.8) is 0 Å². The lowest BCUT2D eigenvalue weighted by Gasteiger charge is -2.37. The Bertz CT molecular complexity index is 469. The van der Waals surface area contributed by atoms with E-state index >= 15 is 0 Å². The molecule has 3 atom stereocenters. The molecule has 2 fully saturated rings. The van der Waals surface area contributed by atoms with Gasteiger partial charge in [0.1, 0.15) is 12.2 Å². The zero-order valence-corrected chi connectivity index (χ0v) is 12.1. The molecule has 0 amide bonds. The van der Waals surface area contributed by atoms with Crippen LogP contribution in [0.4, 0.5) is 0 Å². The minimum atomic E-state index is -0.729. The van der Waals surface area contributed by atoms with Gasteiger partial charge in [-0.05, 0) is 25.5 Å². The topological polar surface area (TPSA) is 32.7 Å². The van der Waals surface area contributed by atoms with Crippen molar-refractivity contribution in [2.24, 2.45) is 0 Å². The first-order valence-electron chi connectivity index (χ1n) is 6.64. The normalized spacial score (nSPS) is 29.2. The summed E-state index contributed by atoms with van der Waals surface area (Å²) < 4.78 is 5.81. The molecule has 2 heterocycles. The van der Waals surface area contributed by atoms with Crippen molar-refractivity contribution in [1.29, 1.82) is 0 Å². The van der Waals surface area contributed by atoms with Crippen molar-refractivity contribution in [2.75, 3.05) is 19.7 Å². The number of ether oxygens (including phenoxy) is 1. The molecule has 0 bridgehead atoms. The molecular formula is C14H17Cl2NO2. The highest BCUT2D eigenvalue weighted by atomic mass is 35.5. The van der Waals surface area contributed by atoms with Crippen molar-refractivity contribution in [3.05, 3.63) is 33.8 Å². The number of hydrogen-bond donors (Lipinski definition) is 1. The van der Waals surface area contributed by atoms with E-state index in [0.29, 0.717) is 28.3 Å². The van der Waals surface area contributed by atoms with Crippen LogP contribution < -0.4 is 0 Å². The summed E-state index contributed by atoms with van der Waals surface area (Å²) in [6.45, 7) is 2.55. The van der Waals surface area contributed by atoms with Gasteiger partial charge in [-0.3, -0.25) is 4.90 Å². The molecule has 2 aliphatic heterocycles. The van der Waals surface area contributed by atoms with Crippen LogP contribution in [0.2, 0.25) is 10.0 Å². The van der Waals surface area contributed by atoms with E-state index in [1.165, 1.54) is 12.8 Å².